The monoisotopic (exact) mass is 339 g/mol. The van der Waals surface area contributed by atoms with E-state index in [9.17, 15) is 4.79 Å². The van der Waals surface area contributed by atoms with Crippen LogP contribution in [0.15, 0.2) is 41.0 Å². The Morgan fingerprint density at radius 1 is 1.37 bits per heavy atom. The average Bonchev–Trinajstić information content (AvgIpc) is 2.80. The molecule has 0 fully saturated rings. The molecule has 0 aliphatic rings. The number of nitrogens with one attached hydrogen (secondary N) is 1. The molecule has 100 valence electrons. The van der Waals surface area contributed by atoms with Crippen molar-refractivity contribution in [1.29, 1.82) is 0 Å². The van der Waals surface area contributed by atoms with Crippen molar-refractivity contribution in [3.05, 3.63) is 46.6 Å². The highest BCUT2D eigenvalue weighted by Gasteiger charge is 2.07. The fourth-order valence-corrected chi connectivity index (χ4v) is 2.24. The number of amides is 1. The summed E-state index contributed by atoms with van der Waals surface area (Å²) < 4.78 is 2.83. The van der Waals surface area contributed by atoms with Gasteiger partial charge in [0.25, 0.3) is 0 Å². The molecular formula is C13H14BrN3OS. The maximum Gasteiger partial charge on any atom is 0.235 e. The molecule has 1 heterocycles. The smallest absolute Gasteiger partial charge is 0.235 e. The lowest BCUT2D eigenvalue weighted by Gasteiger charge is -2.08. The number of hydrogen-bond donors (Lipinski definition) is 1. The summed E-state index contributed by atoms with van der Waals surface area (Å²) in [4.78, 5) is 11.6. The molecule has 0 spiro atoms. The van der Waals surface area contributed by atoms with Crippen LogP contribution in [0.3, 0.4) is 0 Å². The summed E-state index contributed by atoms with van der Waals surface area (Å²) in [6.45, 7) is 0.634. The number of halogens is 1. The molecule has 0 aliphatic heterocycles. The molecule has 2 rings (SSSR count). The minimum Gasteiger partial charge on any atom is -0.310 e. The van der Waals surface area contributed by atoms with Crippen LogP contribution in [-0.4, -0.2) is 27.7 Å². The number of benzene rings is 1. The van der Waals surface area contributed by atoms with E-state index in [1.165, 1.54) is 11.8 Å². The lowest BCUT2D eigenvalue weighted by atomic mass is 10.2. The quantitative estimate of drug-likeness (QED) is 0.910. The number of thioether (sulfide) groups is 1. The first-order valence-electron chi connectivity index (χ1n) is 5.74. The Labute approximate surface area is 124 Å². The number of anilines is 1. The van der Waals surface area contributed by atoms with Crippen LogP contribution in [0.5, 0.6) is 0 Å². The molecule has 1 aromatic carbocycles. The van der Waals surface area contributed by atoms with E-state index in [2.05, 4.69) is 26.3 Å². The number of aromatic nitrogens is 2. The van der Waals surface area contributed by atoms with Crippen LogP contribution in [0.25, 0.3) is 0 Å². The normalized spacial score (nSPS) is 10.4. The van der Waals surface area contributed by atoms with E-state index in [0.29, 0.717) is 12.3 Å². The van der Waals surface area contributed by atoms with E-state index >= 15 is 0 Å². The first kappa shape index (κ1) is 14.1. The van der Waals surface area contributed by atoms with E-state index in [1.807, 2.05) is 30.5 Å². The summed E-state index contributed by atoms with van der Waals surface area (Å²) >= 11 is 4.90. The second kappa shape index (κ2) is 6.77. The van der Waals surface area contributed by atoms with Crippen molar-refractivity contribution in [2.75, 3.05) is 17.3 Å². The number of rotatable bonds is 5. The molecular weight excluding hydrogens is 326 g/mol. The molecule has 0 saturated carbocycles. The SMILES string of the molecule is CSCC(=O)Nc1ccnn1Cc1ccc(Br)cc1. The molecule has 2 aromatic rings. The van der Waals surface area contributed by atoms with Crippen molar-refractivity contribution in [3.8, 4) is 0 Å². The van der Waals surface area contributed by atoms with Gasteiger partial charge in [0.05, 0.1) is 18.5 Å². The third kappa shape index (κ3) is 4.11. The standard InChI is InChI=1S/C13H14BrN3OS/c1-19-9-13(18)16-12-6-7-15-17(12)8-10-2-4-11(14)5-3-10/h2-7H,8-9H2,1H3,(H,16,18). The van der Waals surface area contributed by atoms with Crippen LogP contribution in [0.4, 0.5) is 5.82 Å². The Hall–Kier alpha value is -1.27. The maximum atomic E-state index is 11.6. The zero-order chi connectivity index (χ0) is 13.7. The Balaban J connectivity index is 2.07. The van der Waals surface area contributed by atoms with Gasteiger partial charge in [-0.3, -0.25) is 4.79 Å². The Morgan fingerprint density at radius 2 is 2.11 bits per heavy atom. The van der Waals surface area contributed by atoms with Gasteiger partial charge in [0.2, 0.25) is 5.91 Å². The Bertz CT molecular complexity index is 553. The summed E-state index contributed by atoms with van der Waals surface area (Å²) in [6, 6.07) is 9.84. The fraction of sp³-hybridized carbons (Fsp3) is 0.231. The predicted octanol–water partition coefficient (Wildman–Crippen LogP) is 3.00. The zero-order valence-corrected chi connectivity index (χ0v) is 12.9. The molecule has 19 heavy (non-hydrogen) atoms. The van der Waals surface area contributed by atoms with E-state index in [1.54, 1.807) is 16.9 Å². The highest BCUT2D eigenvalue weighted by Crippen LogP contribution is 2.14. The molecule has 6 heteroatoms. The number of hydrogen-bond acceptors (Lipinski definition) is 3. The minimum absolute atomic E-state index is 0.00921. The van der Waals surface area contributed by atoms with Crippen molar-refractivity contribution in [2.24, 2.45) is 0 Å². The van der Waals surface area contributed by atoms with Crippen molar-refractivity contribution >= 4 is 39.4 Å². The summed E-state index contributed by atoms with van der Waals surface area (Å²) in [5.74, 6) is 1.16. The molecule has 4 nitrogen and oxygen atoms in total. The highest BCUT2D eigenvalue weighted by atomic mass is 79.9. The topological polar surface area (TPSA) is 46.9 Å². The van der Waals surface area contributed by atoms with Crippen LogP contribution < -0.4 is 5.32 Å². The fourth-order valence-electron chi connectivity index (χ4n) is 1.64. The van der Waals surface area contributed by atoms with Crippen molar-refractivity contribution < 1.29 is 4.79 Å². The van der Waals surface area contributed by atoms with Gasteiger partial charge >= 0.3 is 0 Å². The predicted molar refractivity (Wildman–Crippen MR) is 82.5 cm³/mol. The van der Waals surface area contributed by atoms with Gasteiger partial charge in [-0.2, -0.15) is 16.9 Å². The van der Waals surface area contributed by atoms with Crippen LogP contribution in [0.2, 0.25) is 0 Å². The molecule has 1 N–H and O–H groups in total. The van der Waals surface area contributed by atoms with Crippen LogP contribution in [0, 0.1) is 0 Å². The van der Waals surface area contributed by atoms with Gasteiger partial charge in [0.1, 0.15) is 5.82 Å². The van der Waals surface area contributed by atoms with Crippen LogP contribution in [-0.2, 0) is 11.3 Å². The zero-order valence-electron chi connectivity index (χ0n) is 10.5. The summed E-state index contributed by atoms with van der Waals surface area (Å²) in [5.41, 5.74) is 1.13. The summed E-state index contributed by atoms with van der Waals surface area (Å²) in [7, 11) is 0. The Morgan fingerprint density at radius 3 is 2.79 bits per heavy atom. The largest absolute Gasteiger partial charge is 0.310 e. The second-order valence-corrected chi connectivity index (χ2v) is 5.76. The van der Waals surface area contributed by atoms with Crippen LogP contribution >= 0.6 is 27.7 Å². The van der Waals surface area contributed by atoms with Gasteiger partial charge in [-0.05, 0) is 24.0 Å². The minimum atomic E-state index is -0.00921. The van der Waals surface area contributed by atoms with Gasteiger partial charge in [0, 0.05) is 10.5 Å². The van der Waals surface area contributed by atoms with E-state index < -0.39 is 0 Å². The lowest BCUT2D eigenvalue weighted by molar-refractivity contribution is -0.113. The van der Waals surface area contributed by atoms with Crippen molar-refractivity contribution in [3.63, 3.8) is 0 Å². The molecule has 0 radical (unpaired) electrons. The molecule has 0 saturated heterocycles. The number of carbonyl (C=O) groups excluding carboxylic acids is 1. The van der Waals surface area contributed by atoms with Gasteiger partial charge < -0.3 is 5.32 Å². The average molecular weight is 340 g/mol. The van der Waals surface area contributed by atoms with Gasteiger partial charge in [0.15, 0.2) is 0 Å². The lowest BCUT2D eigenvalue weighted by Crippen LogP contribution is -2.17. The number of carbonyl (C=O) groups is 1. The third-order valence-electron chi connectivity index (χ3n) is 2.51. The first-order valence-corrected chi connectivity index (χ1v) is 7.93. The first-order chi connectivity index (χ1) is 9.19. The Kier molecular flexibility index (Phi) is 5.04. The van der Waals surface area contributed by atoms with Crippen molar-refractivity contribution in [1.82, 2.24) is 9.78 Å². The highest BCUT2D eigenvalue weighted by molar-refractivity contribution is 9.10. The third-order valence-corrected chi connectivity index (χ3v) is 3.58. The molecule has 1 aromatic heterocycles. The second-order valence-electron chi connectivity index (χ2n) is 3.98. The number of nitrogens with zero attached hydrogens (tertiary/aromatic N) is 2. The molecule has 0 unspecified atom stereocenters. The van der Waals surface area contributed by atoms with Crippen LogP contribution in [0.1, 0.15) is 5.56 Å². The molecule has 1 amide bonds. The maximum absolute atomic E-state index is 11.6. The van der Waals surface area contributed by atoms with E-state index in [0.717, 1.165) is 15.9 Å². The molecule has 0 aliphatic carbocycles. The summed E-state index contributed by atoms with van der Waals surface area (Å²) in [6.07, 6.45) is 3.59. The van der Waals surface area contributed by atoms with E-state index in [4.69, 9.17) is 0 Å². The van der Waals surface area contributed by atoms with Gasteiger partial charge in [-0.25, -0.2) is 4.68 Å². The van der Waals surface area contributed by atoms with Crippen molar-refractivity contribution in [2.45, 2.75) is 6.54 Å². The van der Waals surface area contributed by atoms with Gasteiger partial charge in [-0.1, -0.05) is 28.1 Å². The molecule has 0 atom stereocenters. The van der Waals surface area contributed by atoms with Gasteiger partial charge in [-0.15, -0.1) is 0 Å². The van der Waals surface area contributed by atoms with E-state index in [-0.39, 0.29) is 5.91 Å². The molecule has 0 bridgehead atoms. The summed E-state index contributed by atoms with van der Waals surface area (Å²) in [5, 5.41) is 7.09.